The Morgan fingerprint density at radius 3 is 2.83 bits per heavy atom. The van der Waals surface area contributed by atoms with E-state index in [0.29, 0.717) is 11.8 Å². The lowest BCUT2D eigenvalue weighted by Crippen LogP contribution is -2.43. The third kappa shape index (κ3) is 4.21. The highest BCUT2D eigenvalue weighted by molar-refractivity contribution is 5.81. The van der Waals surface area contributed by atoms with Gasteiger partial charge in [-0.05, 0) is 37.7 Å². The van der Waals surface area contributed by atoms with Crippen LogP contribution in [-0.2, 0) is 4.79 Å². The lowest BCUT2D eigenvalue weighted by molar-refractivity contribution is -0.128. The number of hydrogen-bond acceptors (Lipinski definition) is 4. The maximum atomic E-state index is 12.0. The molecule has 0 spiro atoms. The molecule has 0 radical (unpaired) electrons. The number of nitrogens with zero attached hydrogens (tertiary/aromatic N) is 3. The van der Waals surface area contributed by atoms with E-state index in [4.69, 9.17) is 4.98 Å². The largest absolute Gasteiger partial charge is 0.356 e. The molecule has 1 aliphatic carbocycles. The van der Waals surface area contributed by atoms with Crippen molar-refractivity contribution in [3.05, 3.63) is 18.1 Å². The smallest absolute Gasteiger partial charge is 0.225 e. The van der Waals surface area contributed by atoms with Crippen molar-refractivity contribution in [2.75, 3.05) is 24.5 Å². The second kappa shape index (κ2) is 6.46. The molecule has 1 aromatic heterocycles. The monoisotopic (exact) mass is 316 g/mol. The molecule has 1 unspecified atom stereocenters. The van der Waals surface area contributed by atoms with Crippen molar-refractivity contribution in [1.82, 2.24) is 15.3 Å². The van der Waals surface area contributed by atoms with Crippen molar-refractivity contribution in [3.8, 4) is 0 Å². The first-order valence-electron chi connectivity index (χ1n) is 8.79. The van der Waals surface area contributed by atoms with E-state index in [-0.39, 0.29) is 11.3 Å². The molecule has 23 heavy (non-hydrogen) atoms. The molecule has 126 valence electrons. The summed E-state index contributed by atoms with van der Waals surface area (Å²) in [5.74, 6) is 3.27. The van der Waals surface area contributed by atoms with Gasteiger partial charge in [-0.25, -0.2) is 9.97 Å². The number of aromatic nitrogens is 2. The number of carbonyl (C=O) groups is 1. The van der Waals surface area contributed by atoms with E-state index >= 15 is 0 Å². The van der Waals surface area contributed by atoms with Gasteiger partial charge in [0.1, 0.15) is 11.6 Å². The topological polar surface area (TPSA) is 58.1 Å². The number of nitrogens with one attached hydrogen (secondary N) is 1. The average Bonchev–Trinajstić information content (AvgIpc) is 3.37. The normalized spacial score (nSPS) is 22.0. The first-order valence-corrected chi connectivity index (χ1v) is 8.79. The van der Waals surface area contributed by atoms with Gasteiger partial charge in [-0.1, -0.05) is 20.8 Å². The van der Waals surface area contributed by atoms with E-state index in [1.54, 1.807) is 0 Å². The second-order valence-corrected chi connectivity index (χ2v) is 7.96. The van der Waals surface area contributed by atoms with E-state index in [1.807, 2.05) is 33.0 Å². The highest BCUT2D eigenvalue weighted by Gasteiger charge is 2.28. The number of amides is 1. The van der Waals surface area contributed by atoms with Crippen LogP contribution >= 0.6 is 0 Å². The van der Waals surface area contributed by atoms with Crippen molar-refractivity contribution in [1.29, 1.82) is 0 Å². The molecular formula is C18H28N4O. The van der Waals surface area contributed by atoms with Crippen LogP contribution in [0.4, 0.5) is 5.82 Å². The molecule has 1 atom stereocenters. The van der Waals surface area contributed by atoms with E-state index in [1.165, 1.54) is 19.3 Å². The fourth-order valence-corrected chi connectivity index (χ4v) is 3.02. The molecule has 1 saturated carbocycles. The summed E-state index contributed by atoms with van der Waals surface area (Å²) in [5.41, 5.74) is -0.319. The first-order chi connectivity index (χ1) is 10.9. The molecule has 0 aromatic carbocycles. The zero-order valence-electron chi connectivity index (χ0n) is 14.5. The molecule has 5 nitrogen and oxygen atoms in total. The molecule has 2 heterocycles. The highest BCUT2D eigenvalue weighted by atomic mass is 16.2. The summed E-state index contributed by atoms with van der Waals surface area (Å²) < 4.78 is 0. The molecule has 5 heteroatoms. The summed E-state index contributed by atoms with van der Waals surface area (Å²) in [6, 6.07) is 2.02. The molecule has 1 amide bonds. The molecular weight excluding hydrogens is 288 g/mol. The van der Waals surface area contributed by atoms with Gasteiger partial charge in [-0.2, -0.15) is 0 Å². The second-order valence-electron chi connectivity index (χ2n) is 7.96. The Morgan fingerprint density at radius 2 is 2.13 bits per heavy atom. The van der Waals surface area contributed by atoms with Crippen molar-refractivity contribution < 1.29 is 4.79 Å². The van der Waals surface area contributed by atoms with E-state index in [2.05, 4.69) is 15.2 Å². The predicted molar refractivity (Wildman–Crippen MR) is 91.4 cm³/mol. The molecule has 1 aromatic rings. The van der Waals surface area contributed by atoms with Gasteiger partial charge in [-0.3, -0.25) is 4.79 Å². The molecule has 1 aliphatic heterocycles. The molecule has 2 aliphatic rings. The maximum absolute atomic E-state index is 12.0. The standard InChI is InChI=1S/C18H28N4O/c1-18(2,3)17(23)20-11-13-5-4-10-22(12-13)15-8-9-19-16(21-15)14-6-7-14/h8-9,13-14H,4-7,10-12H2,1-3H3,(H,20,23). The SMILES string of the molecule is CC(C)(C)C(=O)NCC1CCCN(c2ccnc(C3CC3)n2)C1. The summed E-state index contributed by atoms with van der Waals surface area (Å²) in [5, 5.41) is 3.11. The minimum Gasteiger partial charge on any atom is -0.356 e. The summed E-state index contributed by atoms with van der Waals surface area (Å²) in [6.45, 7) is 8.63. The average molecular weight is 316 g/mol. The maximum Gasteiger partial charge on any atom is 0.225 e. The lowest BCUT2D eigenvalue weighted by Gasteiger charge is -2.34. The number of carbonyl (C=O) groups excluding carboxylic acids is 1. The summed E-state index contributed by atoms with van der Waals surface area (Å²) in [6.07, 6.45) is 6.66. The van der Waals surface area contributed by atoms with Crippen LogP contribution in [0.1, 0.15) is 58.2 Å². The highest BCUT2D eigenvalue weighted by Crippen LogP contribution is 2.38. The number of hydrogen-bond donors (Lipinski definition) is 1. The third-order valence-corrected chi connectivity index (χ3v) is 4.68. The first kappa shape index (κ1) is 16.2. The van der Waals surface area contributed by atoms with Crippen LogP contribution < -0.4 is 10.2 Å². The number of piperidine rings is 1. The minimum atomic E-state index is -0.319. The molecule has 1 saturated heterocycles. The van der Waals surface area contributed by atoms with Crippen molar-refractivity contribution >= 4 is 11.7 Å². The van der Waals surface area contributed by atoms with E-state index in [9.17, 15) is 4.79 Å². The summed E-state index contributed by atoms with van der Waals surface area (Å²) in [7, 11) is 0. The zero-order chi connectivity index (χ0) is 16.4. The molecule has 3 rings (SSSR count). The molecule has 2 fully saturated rings. The Balaban J connectivity index is 1.57. The Morgan fingerprint density at radius 1 is 1.35 bits per heavy atom. The van der Waals surface area contributed by atoms with Gasteiger partial charge in [0.2, 0.25) is 5.91 Å². The molecule has 0 bridgehead atoms. The van der Waals surface area contributed by atoms with Gasteiger partial charge in [0.25, 0.3) is 0 Å². The van der Waals surface area contributed by atoms with Crippen molar-refractivity contribution in [2.24, 2.45) is 11.3 Å². The van der Waals surface area contributed by atoms with Crippen LogP contribution in [0.2, 0.25) is 0 Å². The Bertz CT molecular complexity index is 562. The van der Waals surface area contributed by atoms with Crippen LogP contribution in [0.5, 0.6) is 0 Å². The predicted octanol–water partition coefficient (Wildman–Crippen LogP) is 2.73. The summed E-state index contributed by atoms with van der Waals surface area (Å²) in [4.78, 5) is 23.6. The third-order valence-electron chi connectivity index (χ3n) is 4.68. The van der Waals surface area contributed by atoms with Gasteiger partial charge in [0, 0.05) is 37.2 Å². The zero-order valence-corrected chi connectivity index (χ0v) is 14.5. The Hall–Kier alpha value is -1.65. The fourth-order valence-electron chi connectivity index (χ4n) is 3.02. The van der Waals surface area contributed by atoms with Crippen LogP contribution in [0.3, 0.4) is 0 Å². The Labute approximate surface area is 138 Å². The fraction of sp³-hybridized carbons (Fsp3) is 0.722. The van der Waals surface area contributed by atoms with Gasteiger partial charge < -0.3 is 10.2 Å². The van der Waals surface area contributed by atoms with Crippen LogP contribution in [0, 0.1) is 11.3 Å². The van der Waals surface area contributed by atoms with E-state index in [0.717, 1.165) is 37.7 Å². The van der Waals surface area contributed by atoms with Crippen molar-refractivity contribution in [2.45, 2.75) is 52.4 Å². The number of rotatable bonds is 4. The van der Waals surface area contributed by atoms with Crippen LogP contribution in [0.25, 0.3) is 0 Å². The quantitative estimate of drug-likeness (QED) is 0.928. The van der Waals surface area contributed by atoms with Gasteiger partial charge in [0.05, 0.1) is 0 Å². The van der Waals surface area contributed by atoms with Gasteiger partial charge in [-0.15, -0.1) is 0 Å². The van der Waals surface area contributed by atoms with E-state index < -0.39 is 0 Å². The van der Waals surface area contributed by atoms with Gasteiger partial charge in [0.15, 0.2) is 0 Å². The summed E-state index contributed by atoms with van der Waals surface area (Å²) >= 11 is 0. The van der Waals surface area contributed by atoms with Crippen molar-refractivity contribution in [3.63, 3.8) is 0 Å². The number of anilines is 1. The minimum absolute atomic E-state index is 0.132. The molecule has 1 N–H and O–H groups in total. The lowest BCUT2D eigenvalue weighted by atomic mass is 9.94. The Kier molecular flexibility index (Phi) is 4.55. The van der Waals surface area contributed by atoms with Gasteiger partial charge >= 0.3 is 0 Å². The van der Waals surface area contributed by atoms with Crippen LogP contribution in [0.15, 0.2) is 12.3 Å². The van der Waals surface area contributed by atoms with Crippen LogP contribution in [-0.4, -0.2) is 35.5 Å².